The van der Waals surface area contributed by atoms with Gasteiger partial charge in [-0.15, -0.1) is 0 Å². The largest absolute Gasteiger partial charge is 0.480 e. The van der Waals surface area contributed by atoms with Crippen LogP contribution in [0.3, 0.4) is 0 Å². The molecular weight excluding hydrogens is 518 g/mol. The van der Waals surface area contributed by atoms with Gasteiger partial charge < -0.3 is 30.1 Å². The summed E-state index contributed by atoms with van der Waals surface area (Å²) in [6, 6.07) is 7.76. The minimum Gasteiger partial charge on any atom is -0.480 e. The van der Waals surface area contributed by atoms with E-state index in [0.717, 1.165) is 24.8 Å². The van der Waals surface area contributed by atoms with Gasteiger partial charge in [0.1, 0.15) is 12.1 Å². The van der Waals surface area contributed by atoms with Gasteiger partial charge in [-0.05, 0) is 57.4 Å². The van der Waals surface area contributed by atoms with Gasteiger partial charge in [-0.1, -0.05) is 36.8 Å². The number of benzene rings is 1. The zero-order chi connectivity index (χ0) is 29.5. The molecule has 1 saturated heterocycles. The van der Waals surface area contributed by atoms with Crippen molar-refractivity contribution < 1.29 is 39.5 Å². The summed E-state index contributed by atoms with van der Waals surface area (Å²) in [5.74, 6) is -1.31. The summed E-state index contributed by atoms with van der Waals surface area (Å²) in [6.07, 6.45) is 4.54. The monoisotopic (exact) mass is 565 g/mol. The molecule has 0 bridgehead atoms. The third-order valence-corrected chi connectivity index (χ3v) is 7.58. The second-order valence-corrected chi connectivity index (χ2v) is 10.3. The molecule has 3 rings (SSSR count). The summed E-state index contributed by atoms with van der Waals surface area (Å²) in [4.78, 5) is 40.9. The van der Waals surface area contributed by atoms with Crippen molar-refractivity contribution in [3.05, 3.63) is 35.9 Å². The van der Waals surface area contributed by atoms with Crippen molar-refractivity contribution in [1.82, 2.24) is 15.1 Å². The number of nitrogens with one attached hydrogen (secondary N) is 1. The van der Waals surface area contributed by atoms with E-state index in [1.165, 1.54) is 0 Å². The number of carbonyl (C=O) groups excluding carboxylic acids is 2. The summed E-state index contributed by atoms with van der Waals surface area (Å²) in [7, 11) is 0. The number of aliphatic hydroxyl groups is 3. The maximum atomic E-state index is 13.2. The average Bonchev–Trinajstić information content (AvgIpc) is 3.54. The highest BCUT2D eigenvalue weighted by molar-refractivity contribution is 5.88. The topological polar surface area (TPSA) is 160 Å². The number of aliphatic carboxylic acids is 1. The third kappa shape index (κ3) is 10.1. The maximum Gasteiger partial charge on any atom is 0.326 e. The number of nitrogens with zero attached hydrogens (tertiary/aromatic N) is 2. The molecule has 1 aromatic rings. The fourth-order valence-corrected chi connectivity index (χ4v) is 5.65. The standard InChI is InChI=1S/C23H32N2O5.C6H15NO3/c1-3-30-23(29)18(13-12-16-8-5-4-6-9-16)24-15(2)21(26)25-19-11-7-10-17(19)14-20(25)22(27)28;8-4-1-7(2-5-9)3-6-10/h4-6,8-9,15,17-20,24H,3,7,10-14H2,1-2H3,(H,27,28);8-10H,1-6H2/t15-,17-,18-,19-,20-;/m0./s1. The quantitative estimate of drug-likeness (QED) is 0.191. The Morgan fingerprint density at radius 1 is 1.05 bits per heavy atom. The van der Waals surface area contributed by atoms with Gasteiger partial charge in [0.05, 0.1) is 32.5 Å². The number of amides is 1. The molecule has 1 amide bonds. The molecule has 1 aliphatic carbocycles. The maximum absolute atomic E-state index is 13.2. The zero-order valence-corrected chi connectivity index (χ0v) is 23.8. The first kappa shape index (κ1) is 33.6. The van der Waals surface area contributed by atoms with Gasteiger partial charge in [0.25, 0.3) is 0 Å². The van der Waals surface area contributed by atoms with Gasteiger partial charge in [0.2, 0.25) is 5.91 Å². The van der Waals surface area contributed by atoms with E-state index in [0.29, 0.717) is 38.9 Å². The van der Waals surface area contributed by atoms with Crippen LogP contribution in [0.25, 0.3) is 0 Å². The Morgan fingerprint density at radius 3 is 2.23 bits per heavy atom. The highest BCUT2D eigenvalue weighted by atomic mass is 16.5. The van der Waals surface area contributed by atoms with Crippen LogP contribution in [0.15, 0.2) is 30.3 Å². The highest BCUT2D eigenvalue weighted by Crippen LogP contribution is 2.41. The van der Waals surface area contributed by atoms with Crippen molar-refractivity contribution in [3.8, 4) is 0 Å². The number of carbonyl (C=O) groups is 3. The first-order valence-corrected chi connectivity index (χ1v) is 14.3. The van der Waals surface area contributed by atoms with Crippen LogP contribution in [0, 0.1) is 5.92 Å². The summed E-state index contributed by atoms with van der Waals surface area (Å²) < 4.78 is 5.21. The number of hydrogen-bond donors (Lipinski definition) is 5. The molecule has 0 unspecified atom stereocenters. The lowest BCUT2D eigenvalue weighted by molar-refractivity contribution is -0.151. The summed E-state index contributed by atoms with van der Waals surface area (Å²) >= 11 is 0. The van der Waals surface area contributed by atoms with Crippen LogP contribution < -0.4 is 5.32 Å². The molecule has 0 radical (unpaired) electrons. The molecule has 1 saturated carbocycles. The molecule has 1 aliphatic heterocycles. The van der Waals surface area contributed by atoms with Gasteiger partial charge in [-0.3, -0.25) is 19.8 Å². The SMILES string of the molecule is CCOC(=O)[C@H](CCc1ccccc1)N[C@@H](C)C(=O)N1[C@H](C(=O)O)C[C@@H]2CCC[C@@H]21.OCCN(CCO)CCO. The predicted octanol–water partition coefficient (Wildman–Crippen LogP) is 0.649. The predicted molar refractivity (Wildman–Crippen MR) is 149 cm³/mol. The van der Waals surface area contributed by atoms with E-state index in [-0.39, 0.29) is 50.3 Å². The lowest BCUT2D eigenvalue weighted by Crippen LogP contribution is -2.55. The van der Waals surface area contributed by atoms with Crippen LogP contribution in [0.1, 0.15) is 51.5 Å². The van der Waals surface area contributed by atoms with Crippen molar-refractivity contribution in [2.24, 2.45) is 5.92 Å². The molecule has 40 heavy (non-hydrogen) atoms. The van der Waals surface area contributed by atoms with Crippen molar-refractivity contribution in [1.29, 1.82) is 0 Å². The number of rotatable bonds is 15. The molecule has 2 aliphatic rings. The molecule has 0 spiro atoms. The van der Waals surface area contributed by atoms with E-state index < -0.39 is 24.1 Å². The lowest BCUT2D eigenvalue weighted by atomic mass is 10.0. The Bertz CT molecular complexity index is 888. The van der Waals surface area contributed by atoms with Gasteiger partial charge in [0.15, 0.2) is 0 Å². The summed E-state index contributed by atoms with van der Waals surface area (Å²) in [6.45, 7) is 5.48. The minimum atomic E-state index is -0.948. The van der Waals surface area contributed by atoms with Crippen molar-refractivity contribution >= 4 is 17.8 Å². The van der Waals surface area contributed by atoms with E-state index >= 15 is 0 Å². The van der Waals surface area contributed by atoms with Crippen LogP contribution in [-0.4, -0.2) is 118 Å². The van der Waals surface area contributed by atoms with Crippen molar-refractivity contribution in [2.75, 3.05) is 46.1 Å². The number of esters is 1. The third-order valence-electron chi connectivity index (χ3n) is 7.58. The summed E-state index contributed by atoms with van der Waals surface area (Å²) in [5, 5.41) is 38.2. The Labute approximate surface area is 237 Å². The lowest BCUT2D eigenvalue weighted by Gasteiger charge is -2.31. The van der Waals surface area contributed by atoms with Crippen LogP contribution in [0.2, 0.25) is 0 Å². The van der Waals surface area contributed by atoms with Crippen LogP contribution in [0.5, 0.6) is 0 Å². The zero-order valence-electron chi connectivity index (χ0n) is 23.8. The number of fused-ring (bicyclic) bond motifs is 1. The average molecular weight is 566 g/mol. The minimum absolute atomic E-state index is 0.00629. The van der Waals surface area contributed by atoms with E-state index in [1.54, 1.807) is 23.6 Å². The number of aliphatic hydroxyl groups excluding tert-OH is 3. The molecule has 11 heteroatoms. The molecule has 5 N–H and O–H groups in total. The van der Waals surface area contributed by atoms with E-state index in [4.69, 9.17) is 20.1 Å². The Balaban J connectivity index is 0.000000478. The fraction of sp³-hybridized carbons (Fsp3) is 0.690. The second-order valence-electron chi connectivity index (χ2n) is 10.3. The van der Waals surface area contributed by atoms with E-state index in [2.05, 4.69) is 5.32 Å². The molecule has 0 aromatic heterocycles. The van der Waals surface area contributed by atoms with Gasteiger partial charge >= 0.3 is 11.9 Å². The van der Waals surface area contributed by atoms with E-state index in [1.807, 2.05) is 30.3 Å². The van der Waals surface area contributed by atoms with Gasteiger partial charge in [-0.25, -0.2) is 4.79 Å². The molecule has 1 heterocycles. The smallest absolute Gasteiger partial charge is 0.326 e. The number of carboxylic acid groups (broad SMARTS) is 1. The Hall–Kier alpha value is -2.57. The molecule has 2 fully saturated rings. The number of likely N-dealkylation sites (tertiary alicyclic amines) is 1. The first-order valence-electron chi connectivity index (χ1n) is 14.3. The number of ether oxygens (including phenoxy) is 1. The molecule has 226 valence electrons. The normalized spacial score (nSPS) is 21.4. The van der Waals surface area contributed by atoms with Crippen LogP contribution in [-0.2, 0) is 25.5 Å². The summed E-state index contributed by atoms with van der Waals surface area (Å²) in [5.41, 5.74) is 1.10. The Morgan fingerprint density at radius 2 is 1.68 bits per heavy atom. The number of carboxylic acids is 1. The first-order chi connectivity index (χ1) is 19.3. The van der Waals surface area contributed by atoms with Crippen LogP contribution >= 0.6 is 0 Å². The second kappa shape index (κ2) is 18.0. The van der Waals surface area contributed by atoms with Crippen LogP contribution in [0.4, 0.5) is 0 Å². The molecule has 11 nitrogen and oxygen atoms in total. The number of hydrogen-bond acceptors (Lipinski definition) is 9. The van der Waals surface area contributed by atoms with Gasteiger partial charge in [0, 0.05) is 25.7 Å². The van der Waals surface area contributed by atoms with Crippen molar-refractivity contribution in [3.63, 3.8) is 0 Å². The molecular formula is C29H47N3O8. The fourth-order valence-electron chi connectivity index (χ4n) is 5.65. The van der Waals surface area contributed by atoms with Crippen molar-refractivity contribution in [2.45, 2.75) is 76.5 Å². The number of aryl methyl sites for hydroxylation is 1. The van der Waals surface area contributed by atoms with E-state index in [9.17, 15) is 19.5 Å². The molecule has 1 aromatic carbocycles. The Kier molecular flexibility index (Phi) is 15.1. The highest BCUT2D eigenvalue weighted by Gasteiger charge is 2.49. The van der Waals surface area contributed by atoms with Gasteiger partial charge in [-0.2, -0.15) is 0 Å². The molecule has 5 atom stereocenters.